The van der Waals surface area contributed by atoms with Crippen molar-refractivity contribution in [3.8, 4) is 22.5 Å². The third-order valence-corrected chi connectivity index (χ3v) is 5.34. The molecule has 5 aromatic rings. The van der Waals surface area contributed by atoms with E-state index in [9.17, 15) is 4.79 Å². The monoisotopic (exact) mass is 418 g/mol. The summed E-state index contributed by atoms with van der Waals surface area (Å²) in [6, 6.07) is 33.6. The lowest BCUT2D eigenvalue weighted by Crippen LogP contribution is -2.28. The molecular weight excluding hydrogens is 396 g/mol. The van der Waals surface area contributed by atoms with Crippen LogP contribution in [0.1, 0.15) is 16.1 Å². The van der Waals surface area contributed by atoms with Gasteiger partial charge in [-0.05, 0) is 18.1 Å². The van der Waals surface area contributed by atoms with Crippen molar-refractivity contribution in [2.24, 2.45) is 0 Å². The van der Waals surface area contributed by atoms with E-state index < -0.39 is 0 Å². The first-order chi connectivity index (χ1) is 15.8. The van der Waals surface area contributed by atoms with Gasteiger partial charge in [0.15, 0.2) is 5.65 Å². The van der Waals surface area contributed by atoms with Crippen molar-refractivity contribution in [1.82, 2.24) is 19.9 Å². The standard InChI is InChI=1S/C27H22N4O/c32-27(28-17-16-20-10-4-1-5-11-20)25-18-23(21-12-6-2-7-13-21)29-26-19-24(30-31(25)26)22-14-8-3-9-15-22/h1-15,18-19H,16-17H2,(H,28,32). The summed E-state index contributed by atoms with van der Waals surface area (Å²) in [6.45, 7) is 0.542. The van der Waals surface area contributed by atoms with E-state index in [1.807, 2.05) is 91.0 Å². The molecule has 156 valence electrons. The van der Waals surface area contributed by atoms with E-state index in [1.165, 1.54) is 5.56 Å². The Hall–Kier alpha value is -4.25. The number of rotatable bonds is 6. The summed E-state index contributed by atoms with van der Waals surface area (Å²) in [7, 11) is 0. The number of benzene rings is 3. The molecule has 2 heterocycles. The van der Waals surface area contributed by atoms with Gasteiger partial charge in [-0.15, -0.1) is 0 Å². The molecule has 0 aliphatic rings. The van der Waals surface area contributed by atoms with Gasteiger partial charge in [-0.3, -0.25) is 4.79 Å². The Morgan fingerprint density at radius 2 is 1.34 bits per heavy atom. The van der Waals surface area contributed by atoms with Crippen LogP contribution in [0.3, 0.4) is 0 Å². The Kier molecular flexibility index (Phi) is 5.45. The summed E-state index contributed by atoms with van der Waals surface area (Å²) in [4.78, 5) is 18.0. The lowest BCUT2D eigenvalue weighted by atomic mass is 10.1. The van der Waals surface area contributed by atoms with Crippen molar-refractivity contribution in [3.63, 3.8) is 0 Å². The molecule has 5 rings (SSSR count). The molecule has 1 N–H and O–H groups in total. The Morgan fingerprint density at radius 1 is 0.750 bits per heavy atom. The van der Waals surface area contributed by atoms with Crippen molar-refractivity contribution in [2.75, 3.05) is 6.54 Å². The smallest absolute Gasteiger partial charge is 0.270 e. The van der Waals surface area contributed by atoms with Crippen molar-refractivity contribution in [3.05, 3.63) is 114 Å². The van der Waals surface area contributed by atoms with Crippen LogP contribution in [-0.4, -0.2) is 27.0 Å². The summed E-state index contributed by atoms with van der Waals surface area (Å²) in [6.07, 6.45) is 0.765. The minimum atomic E-state index is -0.173. The maximum atomic E-state index is 13.2. The van der Waals surface area contributed by atoms with Gasteiger partial charge < -0.3 is 5.32 Å². The Labute approximate surface area is 186 Å². The second-order valence-electron chi connectivity index (χ2n) is 7.55. The molecule has 0 unspecified atom stereocenters. The molecule has 32 heavy (non-hydrogen) atoms. The molecule has 0 spiro atoms. The number of nitrogens with one attached hydrogen (secondary N) is 1. The average molecular weight is 419 g/mol. The van der Waals surface area contributed by atoms with Gasteiger partial charge in [0.25, 0.3) is 5.91 Å². The van der Waals surface area contributed by atoms with Crippen LogP contribution in [-0.2, 0) is 6.42 Å². The molecule has 0 saturated heterocycles. The molecule has 0 aliphatic heterocycles. The van der Waals surface area contributed by atoms with E-state index in [0.717, 1.165) is 28.9 Å². The minimum absolute atomic E-state index is 0.173. The van der Waals surface area contributed by atoms with Gasteiger partial charge in [0.1, 0.15) is 5.69 Å². The Balaban J connectivity index is 1.51. The van der Waals surface area contributed by atoms with Gasteiger partial charge in [-0.25, -0.2) is 9.50 Å². The van der Waals surface area contributed by atoms with E-state index in [0.29, 0.717) is 17.9 Å². The highest BCUT2D eigenvalue weighted by molar-refractivity contribution is 5.94. The highest BCUT2D eigenvalue weighted by Crippen LogP contribution is 2.23. The van der Waals surface area contributed by atoms with Gasteiger partial charge in [-0.2, -0.15) is 5.10 Å². The van der Waals surface area contributed by atoms with Crippen LogP contribution < -0.4 is 5.32 Å². The van der Waals surface area contributed by atoms with Gasteiger partial charge in [0.05, 0.1) is 11.4 Å². The molecule has 0 fully saturated rings. The van der Waals surface area contributed by atoms with Crippen LogP contribution in [0.15, 0.2) is 103 Å². The Bertz CT molecular complexity index is 1350. The summed E-state index contributed by atoms with van der Waals surface area (Å²) < 4.78 is 1.63. The Morgan fingerprint density at radius 3 is 2.00 bits per heavy atom. The average Bonchev–Trinajstić information content (AvgIpc) is 3.29. The van der Waals surface area contributed by atoms with Crippen LogP contribution in [0.5, 0.6) is 0 Å². The van der Waals surface area contributed by atoms with E-state index in [-0.39, 0.29) is 5.91 Å². The lowest BCUT2D eigenvalue weighted by molar-refractivity contribution is 0.0946. The number of hydrogen-bond donors (Lipinski definition) is 1. The number of fused-ring (bicyclic) bond motifs is 1. The van der Waals surface area contributed by atoms with E-state index in [4.69, 9.17) is 10.1 Å². The van der Waals surface area contributed by atoms with E-state index in [1.54, 1.807) is 4.52 Å². The molecule has 0 bridgehead atoms. The maximum Gasteiger partial charge on any atom is 0.270 e. The zero-order valence-corrected chi connectivity index (χ0v) is 17.5. The van der Waals surface area contributed by atoms with Crippen LogP contribution in [0.4, 0.5) is 0 Å². The maximum absolute atomic E-state index is 13.2. The number of aromatic nitrogens is 3. The number of amides is 1. The topological polar surface area (TPSA) is 59.3 Å². The second kappa shape index (κ2) is 8.86. The quantitative estimate of drug-likeness (QED) is 0.420. The first-order valence-electron chi connectivity index (χ1n) is 10.6. The van der Waals surface area contributed by atoms with Crippen LogP contribution in [0, 0.1) is 0 Å². The molecule has 3 aromatic carbocycles. The summed E-state index contributed by atoms with van der Waals surface area (Å²) in [5, 5.41) is 7.74. The van der Waals surface area contributed by atoms with E-state index >= 15 is 0 Å². The molecule has 0 aliphatic carbocycles. The first-order valence-corrected chi connectivity index (χ1v) is 10.6. The second-order valence-corrected chi connectivity index (χ2v) is 7.55. The van der Waals surface area contributed by atoms with Crippen molar-refractivity contribution in [2.45, 2.75) is 6.42 Å². The fraction of sp³-hybridized carbons (Fsp3) is 0.0741. The fourth-order valence-electron chi connectivity index (χ4n) is 3.70. The number of carbonyl (C=O) groups is 1. The summed E-state index contributed by atoms with van der Waals surface area (Å²) >= 11 is 0. The minimum Gasteiger partial charge on any atom is -0.350 e. The zero-order valence-electron chi connectivity index (χ0n) is 17.5. The summed E-state index contributed by atoms with van der Waals surface area (Å²) in [5.41, 5.74) is 5.74. The predicted molar refractivity (Wildman–Crippen MR) is 126 cm³/mol. The fourth-order valence-corrected chi connectivity index (χ4v) is 3.70. The van der Waals surface area contributed by atoms with Gasteiger partial charge in [-0.1, -0.05) is 91.0 Å². The normalized spacial score (nSPS) is 10.9. The van der Waals surface area contributed by atoms with Crippen LogP contribution in [0.2, 0.25) is 0 Å². The molecule has 0 radical (unpaired) electrons. The molecule has 0 saturated carbocycles. The van der Waals surface area contributed by atoms with Gasteiger partial charge in [0, 0.05) is 23.7 Å². The highest BCUT2D eigenvalue weighted by Gasteiger charge is 2.17. The zero-order chi connectivity index (χ0) is 21.8. The van der Waals surface area contributed by atoms with E-state index in [2.05, 4.69) is 17.4 Å². The highest BCUT2D eigenvalue weighted by atomic mass is 16.1. The molecule has 0 atom stereocenters. The van der Waals surface area contributed by atoms with Crippen molar-refractivity contribution < 1.29 is 4.79 Å². The largest absolute Gasteiger partial charge is 0.350 e. The van der Waals surface area contributed by atoms with Gasteiger partial charge in [0.2, 0.25) is 0 Å². The third kappa shape index (κ3) is 4.14. The summed E-state index contributed by atoms with van der Waals surface area (Å²) in [5.74, 6) is -0.173. The molecule has 1 amide bonds. The van der Waals surface area contributed by atoms with Crippen molar-refractivity contribution in [1.29, 1.82) is 0 Å². The molecule has 5 heteroatoms. The first kappa shape index (κ1) is 19.7. The van der Waals surface area contributed by atoms with Gasteiger partial charge >= 0.3 is 0 Å². The molecule has 2 aromatic heterocycles. The number of hydrogen-bond acceptors (Lipinski definition) is 3. The number of carbonyl (C=O) groups excluding carboxylic acids is 1. The molecular formula is C27H22N4O. The van der Waals surface area contributed by atoms with Crippen LogP contribution >= 0.6 is 0 Å². The predicted octanol–water partition coefficient (Wildman–Crippen LogP) is 5.04. The lowest BCUT2D eigenvalue weighted by Gasteiger charge is -2.09. The SMILES string of the molecule is O=C(NCCc1ccccc1)c1cc(-c2ccccc2)nc2cc(-c3ccccc3)nn12. The number of nitrogens with zero attached hydrogens (tertiary/aromatic N) is 3. The van der Waals surface area contributed by atoms with Crippen molar-refractivity contribution >= 4 is 11.6 Å². The molecule has 5 nitrogen and oxygen atoms in total. The third-order valence-electron chi connectivity index (χ3n) is 5.34. The van der Waals surface area contributed by atoms with Crippen LogP contribution in [0.25, 0.3) is 28.2 Å².